The second kappa shape index (κ2) is 11.7. The van der Waals surface area contributed by atoms with Gasteiger partial charge in [0.15, 0.2) is 67.8 Å². The molecule has 0 aliphatic carbocycles. The van der Waals surface area contributed by atoms with Crippen LogP contribution in [0, 0.1) is 0 Å². The summed E-state index contributed by atoms with van der Waals surface area (Å²) in [6.07, 6.45) is -13.5. The number of nitrogens with zero attached hydrogens (tertiary/aromatic N) is 24. The molecule has 18 fully saturated rings. The quantitative estimate of drug-likeness (QED) is 0.200. The number of carbonyl (C=O) groups is 12. The molecular formula is C37H38N24O13S. The van der Waals surface area contributed by atoms with Gasteiger partial charge < -0.3 is 4.74 Å². The van der Waals surface area contributed by atoms with E-state index in [9.17, 15) is 0 Å². The van der Waals surface area contributed by atoms with Crippen molar-refractivity contribution in [2.24, 2.45) is 0 Å². The van der Waals surface area contributed by atoms with E-state index >= 15 is 57.5 Å². The molecule has 38 heteroatoms. The average Bonchev–Trinajstić information content (AvgIpc) is 4.30. The molecule has 18 heterocycles. The fourth-order valence-electron chi connectivity index (χ4n) is 16.4. The summed E-state index contributed by atoms with van der Waals surface area (Å²) in [6.45, 7) is -6.28. The zero-order valence-corrected chi connectivity index (χ0v) is 39.4. The lowest BCUT2D eigenvalue weighted by molar-refractivity contribution is -0.223. The number of ether oxygens (including phenoxy) is 1. The number of amides is 24. The van der Waals surface area contributed by atoms with E-state index < -0.39 is 232 Å². The van der Waals surface area contributed by atoms with Crippen molar-refractivity contribution in [2.75, 3.05) is 86.0 Å². The van der Waals surface area contributed by atoms with Gasteiger partial charge in [-0.3, -0.25) is 118 Å². The standard InChI is InChI=1S/C37H38N24O13S/c62-25-38-1-42-16-17-46(27(42)64)5-50-20-21-54(31(50)68)9-58-24-37(74-13-75)60(35(58)72)11-56-23-22-52(33(56)70)7-48-19-18-44(29(48)66)3-40(25)15-14(38)39-2-43(16)28(65)47(17)6-51(20)32(69)55(21)10-59(24)36(73)61(37)12-57(23)34(71)53(22)8-49(19)30(67)45(18)4-41(15)26(39)63/h14-24,75H,1-13H2. The molecule has 0 saturated carbocycles. The van der Waals surface area contributed by atoms with Gasteiger partial charge in [-0.05, 0) is 0 Å². The van der Waals surface area contributed by atoms with Crippen LogP contribution in [0.2, 0.25) is 0 Å². The van der Waals surface area contributed by atoms with Crippen LogP contribution in [0.1, 0.15) is 0 Å². The Morgan fingerprint density at radius 3 is 0.600 bits per heavy atom. The van der Waals surface area contributed by atoms with Gasteiger partial charge in [-0.1, -0.05) is 0 Å². The summed E-state index contributed by atoms with van der Waals surface area (Å²) in [6, 6.07) is -8.55. The maximum Gasteiger partial charge on any atom is 0.328 e. The van der Waals surface area contributed by atoms with E-state index in [1.807, 2.05) is 0 Å². The normalized spacial score (nSPS) is 40.2. The van der Waals surface area contributed by atoms with Gasteiger partial charge in [-0.15, -0.1) is 0 Å². The zero-order valence-electron chi connectivity index (χ0n) is 38.5. The van der Waals surface area contributed by atoms with Gasteiger partial charge in [0.25, 0.3) is 5.85 Å². The third-order valence-corrected chi connectivity index (χ3v) is 19.3. The van der Waals surface area contributed by atoms with Crippen molar-refractivity contribution in [3.63, 3.8) is 0 Å². The monoisotopic (exact) mass is 1060 g/mol. The molecule has 18 rings (SSSR count). The van der Waals surface area contributed by atoms with Crippen LogP contribution in [-0.2, 0) is 4.74 Å². The van der Waals surface area contributed by atoms with E-state index in [2.05, 4.69) is 12.6 Å². The van der Waals surface area contributed by atoms with Crippen molar-refractivity contribution in [3.05, 3.63) is 0 Å². The Balaban J connectivity index is 0.841. The maximum atomic E-state index is 15.5. The van der Waals surface area contributed by atoms with Crippen LogP contribution < -0.4 is 0 Å². The summed E-state index contributed by atoms with van der Waals surface area (Å²) >= 11 is 4.42. The lowest BCUT2D eigenvalue weighted by atomic mass is 10.2. The molecule has 18 aliphatic rings. The Bertz CT molecular complexity index is 2890. The van der Waals surface area contributed by atoms with E-state index in [4.69, 9.17) is 4.74 Å². The van der Waals surface area contributed by atoms with Crippen LogP contribution in [0.3, 0.4) is 0 Å². The van der Waals surface area contributed by atoms with Gasteiger partial charge >= 0.3 is 72.4 Å². The highest BCUT2D eigenvalue weighted by molar-refractivity contribution is 7.80. The molecular weight excluding hydrogens is 1020 g/mol. The van der Waals surface area contributed by atoms with Gasteiger partial charge in [0.1, 0.15) is 80.0 Å². The topological polar surface area (TPSA) is 292 Å². The van der Waals surface area contributed by atoms with Crippen LogP contribution in [0.25, 0.3) is 0 Å². The second-order valence-corrected chi connectivity index (χ2v) is 22.0. The molecule has 24 amide bonds. The third-order valence-electron chi connectivity index (χ3n) is 19.2. The highest BCUT2D eigenvalue weighted by Crippen LogP contribution is 2.54. The fourth-order valence-corrected chi connectivity index (χ4v) is 16.6. The summed E-state index contributed by atoms with van der Waals surface area (Å²) in [5.41, 5.74) is 0. The van der Waals surface area contributed by atoms with Crippen molar-refractivity contribution in [1.29, 1.82) is 0 Å². The Hall–Kier alpha value is -8.45. The number of rotatable bonds is 2. The molecule has 0 aromatic heterocycles. The summed E-state index contributed by atoms with van der Waals surface area (Å²) in [7, 11) is 0. The number of hydrogen-bond acceptors (Lipinski definition) is 14. The smallest absolute Gasteiger partial charge is 0.324 e. The van der Waals surface area contributed by atoms with Crippen molar-refractivity contribution in [3.8, 4) is 0 Å². The molecule has 75 heavy (non-hydrogen) atoms. The van der Waals surface area contributed by atoms with Crippen molar-refractivity contribution in [1.82, 2.24) is 118 Å². The van der Waals surface area contributed by atoms with Gasteiger partial charge in [-0.25, -0.2) is 57.5 Å². The van der Waals surface area contributed by atoms with Crippen molar-refractivity contribution >= 4 is 85.0 Å². The van der Waals surface area contributed by atoms with Crippen LogP contribution in [0.5, 0.6) is 0 Å². The molecule has 18 aliphatic heterocycles. The fraction of sp³-hybridized carbons (Fsp3) is 0.676. The molecule has 18 saturated heterocycles. The lowest BCUT2D eigenvalue weighted by Crippen LogP contribution is -2.69. The Morgan fingerprint density at radius 2 is 0.427 bits per heavy atom. The van der Waals surface area contributed by atoms with Gasteiger partial charge in [0, 0.05) is 0 Å². The average molecular weight is 1060 g/mol. The second-order valence-electron chi connectivity index (χ2n) is 21.7. The summed E-state index contributed by atoms with van der Waals surface area (Å²) in [5, 5.41) is 0. The first-order valence-electron chi connectivity index (χ1n) is 24.3. The number of urea groups is 12. The minimum atomic E-state index is -2.18. The van der Waals surface area contributed by atoms with Crippen molar-refractivity contribution < 1.29 is 62.3 Å². The SMILES string of the molecule is O=C1N2CN3C(=O)N4CN5C(=O)N6CN7C(=O)N8CN9C(=O)N%10CN%11C(=O)N%12CN1C1C2N2CN%13C(=O)N(CN%14C(=O)N(CN%15C(=O)N(CN%16C(=O)N(CN%17C(=O)N(CN1C2=O)C%12C%11%17)C%10C9%16)C8(OCS)C7%15)C6C5%14)C4C3%13. The Morgan fingerprint density at radius 1 is 0.267 bits per heavy atom. The Labute approximate surface area is 423 Å². The number of thiol groups is 1. The molecule has 37 nitrogen and oxygen atoms in total. The molecule has 0 spiro atoms. The van der Waals surface area contributed by atoms with Crippen LogP contribution in [0.15, 0.2) is 0 Å². The van der Waals surface area contributed by atoms with Crippen molar-refractivity contribution in [2.45, 2.75) is 73.7 Å². The third kappa shape index (κ3) is 3.75. The molecule has 0 aromatic rings. The van der Waals surface area contributed by atoms with Crippen LogP contribution in [-0.4, -0.2) is 350 Å². The minimum Gasteiger partial charge on any atom is -0.324 e. The molecule has 0 unspecified atom stereocenters. The largest absolute Gasteiger partial charge is 0.328 e. The van der Waals surface area contributed by atoms with E-state index in [0.29, 0.717) is 0 Å². The highest BCUT2D eigenvalue weighted by Gasteiger charge is 2.79. The highest BCUT2D eigenvalue weighted by atomic mass is 32.1. The minimum absolute atomic E-state index is 0.425. The van der Waals surface area contributed by atoms with Crippen LogP contribution >= 0.6 is 12.6 Å². The van der Waals surface area contributed by atoms with Gasteiger partial charge in [0.2, 0.25) is 0 Å². The maximum absolute atomic E-state index is 15.5. The Kier molecular flexibility index (Phi) is 6.26. The molecule has 0 bridgehead atoms. The van der Waals surface area contributed by atoms with E-state index in [0.717, 1.165) is 0 Å². The predicted octanol–water partition coefficient (Wildman–Crippen LogP) is -5.43. The summed E-state index contributed by atoms with van der Waals surface area (Å²) < 4.78 is 6.48. The van der Waals surface area contributed by atoms with Gasteiger partial charge in [-0.2, -0.15) is 12.6 Å². The van der Waals surface area contributed by atoms with E-state index in [-0.39, 0.29) is 0 Å². The first kappa shape index (κ1) is 40.0. The first-order chi connectivity index (χ1) is 36.2. The number of carbonyl (C=O) groups excluding carboxylic acids is 12. The zero-order chi connectivity index (χ0) is 50.5. The summed E-state index contributed by atoms with van der Waals surface area (Å²) in [4.78, 5) is 214. The van der Waals surface area contributed by atoms with Gasteiger partial charge in [0.05, 0.1) is 5.94 Å². The molecule has 390 valence electrons. The molecule has 0 aromatic carbocycles. The summed E-state index contributed by atoms with van der Waals surface area (Å²) in [5.74, 6) is -2.61. The molecule has 0 N–H and O–H groups in total. The van der Waals surface area contributed by atoms with E-state index in [1.165, 1.54) is 118 Å². The number of hydrogen-bond donors (Lipinski definition) is 1. The molecule has 0 radical (unpaired) electrons. The molecule has 0 atom stereocenters. The first-order valence-corrected chi connectivity index (χ1v) is 24.9. The lowest BCUT2D eigenvalue weighted by Gasteiger charge is -2.47. The van der Waals surface area contributed by atoms with Crippen LogP contribution in [0.4, 0.5) is 57.5 Å². The predicted molar refractivity (Wildman–Crippen MR) is 227 cm³/mol. The van der Waals surface area contributed by atoms with E-state index in [1.54, 1.807) is 0 Å².